The quantitative estimate of drug-likeness (QED) is 0.823. The van der Waals surface area contributed by atoms with E-state index in [1.807, 2.05) is 12.1 Å². The Morgan fingerprint density at radius 3 is 3.00 bits per heavy atom. The summed E-state index contributed by atoms with van der Waals surface area (Å²) in [4.78, 5) is 13.6. The van der Waals surface area contributed by atoms with E-state index in [0.29, 0.717) is 17.1 Å². The maximum absolute atomic E-state index is 11.5. The van der Waals surface area contributed by atoms with Crippen LogP contribution >= 0.6 is 11.6 Å². The van der Waals surface area contributed by atoms with Crippen molar-refractivity contribution < 1.29 is 4.79 Å². The van der Waals surface area contributed by atoms with Crippen LogP contribution in [-0.4, -0.2) is 18.9 Å². The molecule has 0 amide bonds. The maximum Gasteiger partial charge on any atom is 0.134 e. The average Bonchev–Trinajstić information content (AvgIpc) is 2.38. The van der Waals surface area contributed by atoms with Gasteiger partial charge in [0.15, 0.2) is 0 Å². The van der Waals surface area contributed by atoms with Crippen LogP contribution in [0.5, 0.6) is 0 Å². The Kier molecular flexibility index (Phi) is 3.88. The maximum atomic E-state index is 11.5. The summed E-state index contributed by atoms with van der Waals surface area (Å²) in [6.07, 6.45) is 1.91. The molecule has 18 heavy (non-hydrogen) atoms. The summed E-state index contributed by atoms with van der Waals surface area (Å²) in [6, 6.07) is 7.60. The molecule has 1 aromatic carbocycles. The first kappa shape index (κ1) is 12.9. The number of anilines is 1. The first-order valence-corrected chi connectivity index (χ1v) is 6.45. The molecule has 1 heterocycles. The first-order chi connectivity index (χ1) is 8.63. The van der Waals surface area contributed by atoms with Crippen molar-refractivity contribution in [3.63, 3.8) is 0 Å². The lowest BCUT2D eigenvalue weighted by atomic mass is 9.94. The zero-order valence-corrected chi connectivity index (χ0v) is 11.1. The van der Waals surface area contributed by atoms with Gasteiger partial charge < -0.3 is 4.90 Å². The van der Waals surface area contributed by atoms with E-state index in [1.54, 1.807) is 13.0 Å². The van der Waals surface area contributed by atoms with Crippen molar-refractivity contribution >= 4 is 23.1 Å². The van der Waals surface area contributed by atoms with E-state index in [4.69, 9.17) is 11.6 Å². The fourth-order valence-corrected chi connectivity index (χ4v) is 2.63. The third kappa shape index (κ3) is 2.49. The van der Waals surface area contributed by atoms with Gasteiger partial charge in [-0.3, -0.25) is 4.79 Å². The second-order valence-corrected chi connectivity index (χ2v) is 5.05. The minimum atomic E-state index is 0.0734. The molecule has 0 N–H and O–H groups in total. The highest BCUT2D eigenvalue weighted by Gasteiger charge is 2.25. The van der Waals surface area contributed by atoms with Crippen LogP contribution in [0.3, 0.4) is 0 Å². The highest BCUT2D eigenvalue weighted by Crippen LogP contribution is 2.30. The Labute approximate surface area is 112 Å². The molecule has 0 saturated carbocycles. The molecule has 0 aromatic heterocycles. The van der Waals surface area contributed by atoms with Crippen molar-refractivity contribution in [3.8, 4) is 6.07 Å². The lowest BCUT2D eigenvalue weighted by molar-refractivity contribution is -0.120. The smallest absolute Gasteiger partial charge is 0.134 e. The summed E-state index contributed by atoms with van der Waals surface area (Å²) >= 11 is 6.03. The molecule has 1 fully saturated rings. The third-order valence-corrected chi connectivity index (χ3v) is 3.76. The molecule has 94 valence electrons. The van der Waals surface area contributed by atoms with Crippen molar-refractivity contribution in [1.82, 2.24) is 0 Å². The predicted octanol–water partition coefficient (Wildman–Crippen LogP) is 3.02. The minimum absolute atomic E-state index is 0.0734. The molecule has 4 heteroatoms. The molecule has 2 rings (SSSR count). The number of benzene rings is 1. The zero-order chi connectivity index (χ0) is 13.1. The number of rotatable bonds is 2. The van der Waals surface area contributed by atoms with Gasteiger partial charge in [-0.1, -0.05) is 17.7 Å². The highest BCUT2D eigenvalue weighted by atomic mass is 35.5. The number of halogens is 1. The van der Waals surface area contributed by atoms with Gasteiger partial charge in [0.25, 0.3) is 0 Å². The summed E-state index contributed by atoms with van der Waals surface area (Å²) in [5, 5.41) is 9.65. The average molecular weight is 263 g/mol. The number of hydrogen-bond acceptors (Lipinski definition) is 3. The van der Waals surface area contributed by atoms with Crippen LogP contribution in [0.2, 0.25) is 5.02 Å². The van der Waals surface area contributed by atoms with Crippen LogP contribution < -0.4 is 4.90 Å². The van der Waals surface area contributed by atoms with Crippen molar-refractivity contribution in [2.75, 3.05) is 18.0 Å². The van der Waals surface area contributed by atoms with E-state index in [2.05, 4.69) is 11.0 Å². The lowest BCUT2D eigenvalue weighted by Crippen LogP contribution is -2.38. The largest absolute Gasteiger partial charge is 0.370 e. The Balaban J connectivity index is 2.29. The molecule has 0 radical (unpaired) electrons. The molecule has 1 aliphatic heterocycles. The van der Waals surface area contributed by atoms with Crippen LogP contribution in [0.4, 0.5) is 5.69 Å². The van der Waals surface area contributed by atoms with E-state index in [1.165, 1.54) is 0 Å². The van der Waals surface area contributed by atoms with E-state index in [0.717, 1.165) is 25.1 Å². The number of Topliss-reactive ketones (excluding diaryl/α,β-unsaturated/α-hetero) is 1. The summed E-state index contributed by atoms with van der Waals surface area (Å²) in [7, 11) is 0. The minimum Gasteiger partial charge on any atom is -0.370 e. The molecule has 0 spiro atoms. The zero-order valence-electron chi connectivity index (χ0n) is 10.3. The van der Waals surface area contributed by atoms with Gasteiger partial charge in [0.1, 0.15) is 11.9 Å². The number of carbonyl (C=O) groups is 1. The lowest BCUT2D eigenvalue weighted by Gasteiger charge is -2.33. The molecular formula is C14H15ClN2O. The first-order valence-electron chi connectivity index (χ1n) is 6.07. The molecule has 0 bridgehead atoms. The van der Waals surface area contributed by atoms with E-state index >= 15 is 0 Å². The van der Waals surface area contributed by atoms with Gasteiger partial charge in [-0.05, 0) is 31.9 Å². The van der Waals surface area contributed by atoms with Crippen LogP contribution in [-0.2, 0) is 4.79 Å². The van der Waals surface area contributed by atoms with E-state index in [9.17, 15) is 10.1 Å². The fraction of sp³-hybridized carbons (Fsp3) is 0.429. The number of hydrogen-bond donors (Lipinski definition) is 0. The van der Waals surface area contributed by atoms with Gasteiger partial charge in [0.2, 0.25) is 0 Å². The van der Waals surface area contributed by atoms with Gasteiger partial charge in [-0.15, -0.1) is 0 Å². The summed E-state index contributed by atoms with van der Waals surface area (Å²) in [6.45, 7) is 3.19. The third-order valence-electron chi connectivity index (χ3n) is 3.44. The Bertz CT molecular complexity index is 507. The van der Waals surface area contributed by atoms with Crippen molar-refractivity contribution in [2.45, 2.75) is 19.8 Å². The molecular weight excluding hydrogens is 248 g/mol. The molecule has 1 unspecified atom stereocenters. The summed E-state index contributed by atoms with van der Waals surface area (Å²) in [5.74, 6) is 0.296. The second kappa shape index (κ2) is 5.41. The standard InChI is InChI=1S/C14H15ClN2O/c1-10(18)11-4-3-7-17(9-11)14-6-2-5-13(15)12(14)8-16/h2,5-6,11H,3-4,7,9H2,1H3. The van der Waals surface area contributed by atoms with Crippen LogP contribution in [0.15, 0.2) is 18.2 Å². The number of nitrogens with zero attached hydrogens (tertiary/aromatic N) is 2. The SMILES string of the molecule is CC(=O)C1CCCN(c2cccc(Cl)c2C#N)C1. The van der Waals surface area contributed by atoms with Gasteiger partial charge in [0, 0.05) is 19.0 Å². The van der Waals surface area contributed by atoms with Crippen LogP contribution in [0, 0.1) is 17.2 Å². The molecule has 0 aliphatic carbocycles. The fourth-order valence-electron chi connectivity index (χ4n) is 2.41. The van der Waals surface area contributed by atoms with Crippen molar-refractivity contribution in [2.24, 2.45) is 5.92 Å². The topological polar surface area (TPSA) is 44.1 Å². The summed E-state index contributed by atoms with van der Waals surface area (Å²) in [5.41, 5.74) is 1.35. The number of piperidine rings is 1. The van der Waals surface area contributed by atoms with Gasteiger partial charge in [-0.25, -0.2) is 0 Å². The molecule has 1 aliphatic rings. The van der Waals surface area contributed by atoms with Crippen LogP contribution in [0.25, 0.3) is 0 Å². The van der Waals surface area contributed by atoms with E-state index in [-0.39, 0.29) is 11.7 Å². The highest BCUT2D eigenvalue weighted by molar-refractivity contribution is 6.32. The second-order valence-electron chi connectivity index (χ2n) is 4.64. The normalized spacial score (nSPS) is 19.4. The summed E-state index contributed by atoms with van der Waals surface area (Å²) < 4.78 is 0. The molecule has 1 atom stereocenters. The number of carbonyl (C=O) groups excluding carboxylic acids is 1. The van der Waals surface area contributed by atoms with Crippen molar-refractivity contribution in [3.05, 3.63) is 28.8 Å². The van der Waals surface area contributed by atoms with Gasteiger partial charge in [-0.2, -0.15) is 5.26 Å². The molecule has 1 aromatic rings. The number of ketones is 1. The van der Waals surface area contributed by atoms with Crippen molar-refractivity contribution in [1.29, 1.82) is 5.26 Å². The Morgan fingerprint density at radius 1 is 1.56 bits per heavy atom. The predicted molar refractivity (Wildman–Crippen MR) is 71.8 cm³/mol. The molecule has 1 saturated heterocycles. The number of nitriles is 1. The Hall–Kier alpha value is -1.53. The monoisotopic (exact) mass is 262 g/mol. The Morgan fingerprint density at radius 2 is 2.33 bits per heavy atom. The van der Waals surface area contributed by atoms with Crippen LogP contribution in [0.1, 0.15) is 25.3 Å². The van der Waals surface area contributed by atoms with Gasteiger partial charge in [0.05, 0.1) is 16.3 Å². The van der Waals surface area contributed by atoms with Gasteiger partial charge >= 0.3 is 0 Å². The van der Waals surface area contributed by atoms with E-state index < -0.39 is 0 Å². The molecule has 3 nitrogen and oxygen atoms in total.